The molecule has 1 aromatic heterocycles. The topological polar surface area (TPSA) is 116 Å². The second kappa shape index (κ2) is 15.3. The Morgan fingerprint density at radius 3 is 2.48 bits per heavy atom. The molecule has 1 saturated heterocycles. The molecule has 1 unspecified atom stereocenters. The van der Waals surface area contributed by atoms with Gasteiger partial charge in [-0.3, -0.25) is 9.00 Å². The van der Waals surface area contributed by atoms with E-state index in [1.165, 1.54) is 74.3 Å². The van der Waals surface area contributed by atoms with E-state index in [9.17, 15) is 19.4 Å². The first-order valence-corrected chi connectivity index (χ1v) is 24.1. The Hall–Kier alpha value is -2.80. The van der Waals surface area contributed by atoms with Crippen molar-refractivity contribution in [3.05, 3.63) is 59.3 Å². The van der Waals surface area contributed by atoms with E-state index >= 15 is 0 Å². The number of carboxylic acid groups (broad SMARTS) is 1. The molecule has 316 valence electrons. The number of aromatic nitrogens is 1. The van der Waals surface area contributed by atoms with Crippen LogP contribution in [0.25, 0.3) is 0 Å². The lowest BCUT2D eigenvalue weighted by Crippen LogP contribution is -2.68. The molecule has 8 nitrogen and oxygen atoms in total. The lowest BCUT2D eigenvalue weighted by molar-refractivity contribution is -0.221. The summed E-state index contributed by atoms with van der Waals surface area (Å²) >= 11 is 0. The molecule has 0 aromatic carbocycles. The number of rotatable bonds is 10. The fourth-order valence-corrected chi connectivity index (χ4v) is 16.4. The molecule has 5 fully saturated rings. The van der Waals surface area contributed by atoms with Gasteiger partial charge in [0.15, 0.2) is 0 Å². The van der Waals surface area contributed by atoms with Gasteiger partial charge < -0.3 is 20.1 Å². The van der Waals surface area contributed by atoms with Gasteiger partial charge in [0.2, 0.25) is 5.88 Å². The average Bonchev–Trinajstić information content (AvgIpc) is 3.58. The van der Waals surface area contributed by atoms with E-state index in [1.54, 1.807) is 12.1 Å². The third-order valence-electron chi connectivity index (χ3n) is 18.6. The van der Waals surface area contributed by atoms with Crippen molar-refractivity contribution in [1.82, 2.24) is 15.2 Å². The molecule has 2 N–H and O–H groups in total. The third-order valence-corrected chi connectivity index (χ3v) is 19.9. The summed E-state index contributed by atoms with van der Waals surface area (Å²) in [5, 5.41) is 24.1. The molecule has 0 bridgehead atoms. The molecule has 1 aliphatic heterocycles. The largest absolute Gasteiger partial charge is 0.481 e. The summed E-state index contributed by atoms with van der Waals surface area (Å²) in [6.07, 6.45) is 19.3. The van der Waals surface area contributed by atoms with E-state index in [1.807, 2.05) is 0 Å². The van der Waals surface area contributed by atoms with Crippen LogP contribution in [0.4, 0.5) is 0 Å². The van der Waals surface area contributed by atoms with Gasteiger partial charge in [-0.15, -0.1) is 0 Å². The van der Waals surface area contributed by atoms with Crippen LogP contribution in [0.15, 0.2) is 53.8 Å². The Morgan fingerprint density at radius 2 is 1.79 bits per heavy atom. The number of nitrogens with one attached hydrogen (secondary N) is 1. The van der Waals surface area contributed by atoms with Crippen LogP contribution in [0, 0.1) is 68.0 Å². The first-order valence-electron chi connectivity index (χ1n) is 22.6. The quantitative estimate of drug-likeness (QED) is 0.225. The fraction of sp³-hybridized carbons (Fsp3) is 0.735. The van der Waals surface area contributed by atoms with Crippen molar-refractivity contribution in [2.45, 2.75) is 124 Å². The number of aliphatic carboxylic acids is 1. The maximum Gasteiger partial charge on any atom is 0.313 e. The SMILES string of the molecule is C=C(C)[C@@H]1CC[C@]2(NCCN3CCS(=O)CC3)CC[C@]3(C)[C@H](CC[C@@H]4[C@@]5(C)CC=C(C6=CCC(COc7cc(C#N)ccn7)(C(=O)O)CC6)C(C)(C)[C@@H]5CC[C@]43C)[C@@H]12. The highest BCUT2D eigenvalue weighted by atomic mass is 32.2. The molecule has 10 atom stereocenters. The Labute approximate surface area is 351 Å². The highest BCUT2D eigenvalue weighted by Crippen LogP contribution is 2.76. The first kappa shape index (κ1) is 41.9. The summed E-state index contributed by atoms with van der Waals surface area (Å²) in [5.74, 6) is 4.25. The molecule has 58 heavy (non-hydrogen) atoms. The van der Waals surface area contributed by atoms with Crippen molar-refractivity contribution in [2.75, 3.05) is 44.3 Å². The Kier molecular flexibility index (Phi) is 11.0. The zero-order valence-electron chi connectivity index (χ0n) is 36.3. The molecule has 0 radical (unpaired) electrons. The van der Waals surface area contributed by atoms with Gasteiger partial charge in [0.05, 0.1) is 11.6 Å². The Bertz CT molecular complexity index is 1930. The fourth-order valence-electron chi connectivity index (χ4n) is 15.3. The Balaban J connectivity index is 1.01. The molecule has 8 rings (SSSR count). The molecule has 7 aliphatic rings. The predicted molar refractivity (Wildman–Crippen MR) is 232 cm³/mol. The first-order chi connectivity index (χ1) is 27.5. The molecular weight excluding hydrogens is 741 g/mol. The van der Waals surface area contributed by atoms with Crippen LogP contribution in [0.5, 0.6) is 5.88 Å². The maximum atomic E-state index is 12.8. The van der Waals surface area contributed by atoms with E-state index in [2.05, 4.69) is 81.5 Å². The molecule has 1 aromatic rings. The molecule has 4 saturated carbocycles. The van der Waals surface area contributed by atoms with E-state index in [-0.39, 0.29) is 33.8 Å². The molecular formula is C49H70N4O4S. The summed E-state index contributed by atoms with van der Waals surface area (Å²) in [7, 11) is -0.635. The number of hydrogen-bond acceptors (Lipinski definition) is 7. The van der Waals surface area contributed by atoms with E-state index in [0.29, 0.717) is 53.9 Å². The van der Waals surface area contributed by atoms with E-state index in [4.69, 9.17) is 4.74 Å². The summed E-state index contributed by atoms with van der Waals surface area (Å²) in [6, 6.07) is 5.30. The number of allylic oxidation sites excluding steroid dienone is 5. The smallest absolute Gasteiger partial charge is 0.313 e. The van der Waals surface area contributed by atoms with Gasteiger partial charge in [-0.2, -0.15) is 5.26 Å². The van der Waals surface area contributed by atoms with Crippen molar-refractivity contribution in [3.63, 3.8) is 0 Å². The van der Waals surface area contributed by atoms with Gasteiger partial charge in [-0.25, -0.2) is 4.98 Å². The molecule has 9 heteroatoms. The summed E-state index contributed by atoms with van der Waals surface area (Å²) in [6.45, 7) is 24.1. The van der Waals surface area contributed by atoms with Crippen LogP contribution in [-0.2, 0) is 15.6 Å². The van der Waals surface area contributed by atoms with Crippen LogP contribution >= 0.6 is 0 Å². The normalized spacial score (nSPS) is 41.1. The minimum Gasteiger partial charge on any atom is -0.481 e. The van der Waals surface area contributed by atoms with Gasteiger partial charge >= 0.3 is 5.97 Å². The minimum atomic E-state index is -1.02. The van der Waals surface area contributed by atoms with Crippen LogP contribution in [0.2, 0.25) is 0 Å². The molecule has 0 amide bonds. The lowest BCUT2D eigenvalue weighted by Gasteiger charge is -2.72. The number of carboxylic acids is 1. The zero-order chi connectivity index (χ0) is 41.3. The average molecular weight is 811 g/mol. The number of fused-ring (bicyclic) bond motifs is 7. The molecule has 2 heterocycles. The van der Waals surface area contributed by atoms with Crippen molar-refractivity contribution >= 4 is 16.8 Å². The number of carbonyl (C=O) groups is 1. The van der Waals surface area contributed by atoms with Crippen LogP contribution in [0.3, 0.4) is 0 Å². The standard InChI is InChI=1S/C49H70N4O4S/c1-33(2)36-12-20-49(52-24-25-53-26-28-58(56)29-27-53)22-21-46(6)38(42(36)49)8-9-40-45(5)16-13-37(44(3,4)39(45)14-17-47(40,46)7)35-10-18-48(19-11-35,43(54)55)32-57-41-30-34(31-50)15-23-51-41/h10,13,15,23,30,36,38-40,42,52H,1,8-9,11-12,14,16-22,24-29,32H2,2-7H3,(H,54,55)/t36-,38+,39-,40+,42+,45-,46+,47+,48?,49-/m0/s1. The minimum absolute atomic E-state index is 0.00910. The van der Waals surface area contributed by atoms with Gasteiger partial charge in [-0.1, -0.05) is 58.9 Å². The van der Waals surface area contributed by atoms with Crippen molar-refractivity contribution in [3.8, 4) is 11.9 Å². The van der Waals surface area contributed by atoms with Gasteiger partial charge in [0.1, 0.15) is 12.0 Å². The number of nitrogens with zero attached hydrogens (tertiary/aromatic N) is 3. The van der Waals surface area contributed by atoms with Crippen LogP contribution in [0.1, 0.15) is 124 Å². The number of ether oxygens (including phenoxy) is 1. The highest BCUT2D eigenvalue weighted by molar-refractivity contribution is 7.85. The second-order valence-corrected chi connectivity index (χ2v) is 23.0. The summed E-state index contributed by atoms with van der Waals surface area (Å²) in [5.41, 5.74) is 4.54. The van der Waals surface area contributed by atoms with E-state index in [0.717, 1.165) is 50.5 Å². The Morgan fingerprint density at radius 1 is 1.02 bits per heavy atom. The lowest BCUT2D eigenvalue weighted by atomic mass is 9.33. The van der Waals surface area contributed by atoms with Crippen molar-refractivity contribution in [1.29, 1.82) is 5.26 Å². The van der Waals surface area contributed by atoms with Gasteiger partial charge in [0, 0.05) is 66.3 Å². The van der Waals surface area contributed by atoms with Crippen molar-refractivity contribution in [2.24, 2.45) is 56.7 Å². The van der Waals surface area contributed by atoms with Gasteiger partial charge in [0.25, 0.3) is 0 Å². The highest BCUT2D eigenvalue weighted by Gasteiger charge is 2.70. The molecule has 6 aliphatic carbocycles. The second-order valence-electron chi connectivity index (χ2n) is 21.3. The molecule has 0 spiro atoms. The number of pyridine rings is 1. The predicted octanol–water partition coefficient (Wildman–Crippen LogP) is 9.11. The van der Waals surface area contributed by atoms with Crippen LogP contribution in [-0.4, -0.2) is 75.0 Å². The number of nitriles is 1. The third kappa shape index (κ3) is 6.69. The summed E-state index contributed by atoms with van der Waals surface area (Å²) in [4.78, 5) is 19.5. The maximum absolute atomic E-state index is 12.8. The van der Waals surface area contributed by atoms with Gasteiger partial charge in [-0.05, 0) is 152 Å². The van der Waals surface area contributed by atoms with E-state index < -0.39 is 22.2 Å². The van der Waals surface area contributed by atoms with Crippen molar-refractivity contribution < 1.29 is 18.8 Å². The monoisotopic (exact) mass is 811 g/mol. The van der Waals surface area contributed by atoms with Crippen LogP contribution < -0.4 is 10.1 Å². The summed E-state index contributed by atoms with van der Waals surface area (Å²) < 4.78 is 18.0. The zero-order valence-corrected chi connectivity index (χ0v) is 37.2. The number of hydrogen-bond donors (Lipinski definition) is 2.